The second-order valence-corrected chi connectivity index (χ2v) is 6.97. The van der Waals surface area contributed by atoms with Gasteiger partial charge in [-0.1, -0.05) is 17.7 Å². The summed E-state index contributed by atoms with van der Waals surface area (Å²) in [6, 6.07) is 5.32. The normalized spacial score (nSPS) is 22.0. The standard InChI is InChI=1S/C18H19ClFN5/c1-25(14-7-3-6-12(14)21)15-9-23-18-13(24-15)8-22-17(18)10-4-2-5-11(19)16(10)20/h2,4-5,9,12,14H,3,6-8,21H2,1H3/t12-,14-/m1/s1. The average molecular weight is 360 g/mol. The summed E-state index contributed by atoms with van der Waals surface area (Å²) in [4.78, 5) is 15.8. The fraction of sp³-hybridized carbons (Fsp3) is 0.389. The lowest BCUT2D eigenvalue weighted by Gasteiger charge is -2.28. The zero-order valence-corrected chi connectivity index (χ0v) is 14.7. The van der Waals surface area contributed by atoms with Crippen LogP contribution in [-0.2, 0) is 6.54 Å². The first-order chi connectivity index (χ1) is 12.1. The molecule has 130 valence electrons. The number of halogens is 2. The molecule has 1 fully saturated rings. The van der Waals surface area contributed by atoms with Crippen LogP contribution in [0.5, 0.6) is 0 Å². The van der Waals surface area contributed by atoms with Gasteiger partial charge >= 0.3 is 0 Å². The molecule has 1 saturated carbocycles. The molecule has 2 aromatic rings. The van der Waals surface area contributed by atoms with Crippen molar-refractivity contribution < 1.29 is 4.39 Å². The summed E-state index contributed by atoms with van der Waals surface area (Å²) < 4.78 is 14.3. The number of fused-ring (bicyclic) bond motifs is 1. The number of rotatable bonds is 3. The van der Waals surface area contributed by atoms with Gasteiger partial charge in [0.2, 0.25) is 0 Å². The van der Waals surface area contributed by atoms with Crippen molar-refractivity contribution in [2.75, 3.05) is 11.9 Å². The number of anilines is 1. The number of hydrogen-bond donors (Lipinski definition) is 1. The van der Waals surface area contributed by atoms with Crippen molar-refractivity contribution in [2.24, 2.45) is 10.7 Å². The second-order valence-electron chi connectivity index (χ2n) is 6.56. The highest BCUT2D eigenvalue weighted by molar-refractivity contribution is 6.31. The molecule has 1 aromatic heterocycles. The van der Waals surface area contributed by atoms with Crippen molar-refractivity contribution in [1.82, 2.24) is 9.97 Å². The molecule has 1 aromatic carbocycles. The Labute approximate surface area is 150 Å². The fourth-order valence-corrected chi connectivity index (χ4v) is 3.82. The predicted octanol–water partition coefficient (Wildman–Crippen LogP) is 2.94. The molecule has 0 spiro atoms. The minimum atomic E-state index is -0.476. The van der Waals surface area contributed by atoms with E-state index in [0.29, 0.717) is 23.5 Å². The van der Waals surface area contributed by atoms with Gasteiger partial charge in [-0.25, -0.2) is 14.4 Å². The van der Waals surface area contributed by atoms with Gasteiger partial charge in [0.25, 0.3) is 0 Å². The van der Waals surface area contributed by atoms with Crippen LogP contribution < -0.4 is 10.6 Å². The molecular weight excluding hydrogens is 341 g/mol. The van der Waals surface area contributed by atoms with Gasteiger partial charge in [-0.2, -0.15) is 0 Å². The Morgan fingerprint density at radius 2 is 2.16 bits per heavy atom. The monoisotopic (exact) mass is 359 g/mol. The lowest BCUT2D eigenvalue weighted by Crippen LogP contribution is -2.42. The molecule has 2 heterocycles. The van der Waals surface area contributed by atoms with Crippen LogP contribution >= 0.6 is 11.6 Å². The smallest absolute Gasteiger partial charge is 0.151 e. The molecule has 7 heteroatoms. The van der Waals surface area contributed by atoms with Gasteiger partial charge in [-0.3, -0.25) is 4.99 Å². The summed E-state index contributed by atoms with van der Waals surface area (Å²) in [6.07, 6.45) is 4.95. The fourth-order valence-electron chi connectivity index (χ4n) is 3.64. The van der Waals surface area contributed by atoms with Crippen LogP contribution in [0.15, 0.2) is 29.4 Å². The maximum atomic E-state index is 14.3. The molecule has 4 rings (SSSR count). The van der Waals surface area contributed by atoms with E-state index < -0.39 is 5.82 Å². The van der Waals surface area contributed by atoms with Crippen molar-refractivity contribution >= 4 is 23.1 Å². The van der Waals surface area contributed by atoms with Crippen molar-refractivity contribution in [3.05, 3.63) is 52.2 Å². The van der Waals surface area contributed by atoms with E-state index in [1.807, 2.05) is 7.05 Å². The van der Waals surface area contributed by atoms with E-state index in [2.05, 4.69) is 14.9 Å². The number of aromatic nitrogens is 2. The quantitative estimate of drug-likeness (QED) is 0.914. The van der Waals surface area contributed by atoms with Gasteiger partial charge in [0.05, 0.1) is 29.2 Å². The van der Waals surface area contributed by atoms with E-state index in [4.69, 9.17) is 22.3 Å². The molecule has 2 N–H and O–H groups in total. The minimum Gasteiger partial charge on any atom is -0.354 e. The summed E-state index contributed by atoms with van der Waals surface area (Å²) in [5.41, 5.74) is 8.44. The molecule has 0 amide bonds. The topological polar surface area (TPSA) is 67.4 Å². The predicted molar refractivity (Wildman–Crippen MR) is 96.8 cm³/mol. The zero-order chi connectivity index (χ0) is 17.6. The van der Waals surface area contributed by atoms with Gasteiger partial charge in [-0.15, -0.1) is 0 Å². The number of benzene rings is 1. The van der Waals surface area contributed by atoms with Crippen molar-refractivity contribution in [3.8, 4) is 0 Å². The number of hydrogen-bond acceptors (Lipinski definition) is 5. The third-order valence-corrected chi connectivity index (χ3v) is 5.33. The lowest BCUT2D eigenvalue weighted by molar-refractivity contribution is 0.567. The van der Waals surface area contributed by atoms with E-state index in [9.17, 15) is 4.39 Å². The first-order valence-corrected chi connectivity index (χ1v) is 8.77. The first kappa shape index (κ1) is 16.4. The van der Waals surface area contributed by atoms with Crippen molar-refractivity contribution in [1.29, 1.82) is 0 Å². The molecule has 5 nitrogen and oxygen atoms in total. The highest BCUT2D eigenvalue weighted by Gasteiger charge is 2.30. The van der Waals surface area contributed by atoms with Crippen LogP contribution in [0.4, 0.5) is 10.2 Å². The summed E-state index contributed by atoms with van der Waals surface area (Å²) in [5, 5.41) is 0.0770. The summed E-state index contributed by atoms with van der Waals surface area (Å²) >= 11 is 5.89. The van der Waals surface area contributed by atoms with Crippen LogP contribution in [0.2, 0.25) is 5.02 Å². The van der Waals surface area contributed by atoms with Gasteiger partial charge in [0.15, 0.2) is 5.82 Å². The van der Waals surface area contributed by atoms with Crippen LogP contribution in [0.3, 0.4) is 0 Å². The average Bonchev–Trinajstić information content (AvgIpc) is 3.22. The van der Waals surface area contributed by atoms with E-state index >= 15 is 0 Å². The van der Waals surface area contributed by atoms with Crippen LogP contribution in [-0.4, -0.2) is 34.8 Å². The molecule has 0 radical (unpaired) electrons. The van der Waals surface area contributed by atoms with Gasteiger partial charge in [0, 0.05) is 24.7 Å². The van der Waals surface area contributed by atoms with Gasteiger partial charge in [0.1, 0.15) is 11.5 Å². The first-order valence-electron chi connectivity index (χ1n) is 8.40. The van der Waals surface area contributed by atoms with Gasteiger partial charge in [-0.05, 0) is 31.4 Å². The number of likely N-dealkylation sites (N-methyl/N-ethyl adjacent to an activating group) is 1. The minimum absolute atomic E-state index is 0.0770. The maximum Gasteiger partial charge on any atom is 0.151 e. The largest absolute Gasteiger partial charge is 0.354 e. The Morgan fingerprint density at radius 1 is 1.32 bits per heavy atom. The Morgan fingerprint density at radius 3 is 2.92 bits per heavy atom. The molecule has 0 unspecified atom stereocenters. The number of nitrogens with two attached hydrogens (primary N) is 1. The number of nitrogens with zero attached hydrogens (tertiary/aromatic N) is 4. The molecule has 1 aliphatic heterocycles. The van der Waals surface area contributed by atoms with E-state index in [-0.39, 0.29) is 17.1 Å². The molecule has 0 bridgehead atoms. The van der Waals surface area contributed by atoms with Crippen molar-refractivity contribution in [3.63, 3.8) is 0 Å². The SMILES string of the molecule is CN(c1cnc2c(n1)CN=C2c1cccc(Cl)c1F)[C@@H]1CCC[C@H]1N. The second kappa shape index (κ2) is 6.35. The van der Waals surface area contributed by atoms with Crippen molar-refractivity contribution in [2.45, 2.75) is 37.9 Å². The van der Waals surface area contributed by atoms with Crippen LogP contribution in [0.25, 0.3) is 0 Å². The Hall–Kier alpha value is -2.05. The van der Waals surface area contributed by atoms with Crippen LogP contribution in [0, 0.1) is 5.82 Å². The maximum absolute atomic E-state index is 14.3. The third kappa shape index (κ3) is 2.79. The summed E-state index contributed by atoms with van der Waals surface area (Å²) in [7, 11) is 2.00. The van der Waals surface area contributed by atoms with Crippen LogP contribution in [0.1, 0.15) is 36.2 Å². The zero-order valence-electron chi connectivity index (χ0n) is 13.9. The molecule has 1 aliphatic carbocycles. The number of aliphatic imine (C=N–C) groups is 1. The molecule has 2 aliphatic rings. The molecular formula is C18H19ClFN5. The Kier molecular flexibility index (Phi) is 4.17. The Balaban J connectivity index is 1.65. The molecule has 25 heavy (non-hydrogen) atoms. The summed E-state index contributed by atoms with van der Waals surface area (Å²) in [5.74, 6) is 0.305. The van der Waals surface area contributed by atoms with E-state index in [1.54, 1.807) is 18.3 Å². The highest BCUT2D eigenvalue weighted by atomic mass is 35.5. The highest BCUT2D eigenvalue weighted by Crippen LogP contribution is 2.29. The third-order valence-electron chi connectivity index (χ3n) is 5.04. The molecule has 2 atom stereocenters. The lowest BCUT2D eigenvalue weighted by atomic mass is 10.1. The van der Waals surface area contributed by atoms with E-state index in [0.717, 1.165) is 30.8 Å². The molecule has 0 saturated heterocycles. The Bertz CT molecular complexity index is 853. The summed E-state index contributed by atoms with van der Waals surface area (Å²) in [6.45, 7) is 0.391. The van der Waals surface area contributed by atoms with E-state index in [1.165, 1.54) is 6.07 Å². The van der Waals surface area contributed by atoms with Gasteiger partial charge < -0.3 is 10.6 Å².